The number of nitrogens with zero attached hydrogens (tertiary/aromatic N) is 1. The van der Waals surface area contributed by atoms with Crippen molar-refractivity contribution in [2.24, 2.45) is 0 Å². The van der Waals surface area contributed by atoms with E-state index in [2.05, 4.69) is 5.16 Å². The molecule has 3 nitrogen and oxygen atoms in total. The number of hydrogen-bond acceptors (Lipinski definition) is 3. The van der Waals surface area contributed by atoms with E-state index in [1.165, 1.54) is 0 Å². The number of phenols is 1. The van der Waals surface area contributed by atoms with Crippen molar-refractivity contribution in [1.29, 1.82) is 0 Å². The van der Waals surface area contributed by atoms with Crippen LogP contribution in [0, 0.1) is 0 Å². The molecule has 0 saturated carbocycles. The Morgan fingerprint density at radius 2 is 1.94 bits per heavy atom. The molecular weight excluding hydrogens is 202 g/mol. The molecule has 0 amide bonds. The third kappa shape index (κ3) is 1.34. The zero-order valence-electron chi connectivity index (χ0n) is 8.42. The van der Waals surface area contributed by atoms with E-state index in [9.17, 15) is 5.11 Å². The fraction of sp³-hybridized carbons (Fsp3) is 0. The van der Waals surface area contributed by atoms with E-state index in [4.69, 9.17) is 4.52 Å². The molecule has 0 aliphatic heterocycles. The molecule has 3 aromatic rings. The summed E-state index contributed by atoms with van der Waals surface area (Å²) in [4.78, 5) is 0. The number of fused-ring (bicyclic) bond motifs is 1. The third-order valence-corrected chi connectivity index (χ3v) is 2.57. The van der Waals surface area contributed by atoms with Crippen molar-refractivity contribution < 1.29 is 9.63 Å². The fourth-order valence-electron chi connectivity index (χ4n) is 1.75. The van der Waals surface area contributed by atoms with Gasteiger partial charge in [-0.25, -0.2) is 0 Å². The van der Waals surface area contributed by atoms with Gasteiger partial charge in [-0.15, -0.1) is 0 Å². The minimum Gasteiger partial charge on any atom is -0.507 e. The Hall–Kier alpha value is -2.29. The lowest BCUT2D eigenvalue weighted by Gasteiger charge is -2.03. The number of aromatic hydroxyl groups is 1. The molecule has 16 heavy (non-hydrogen) atoms. The molecule has 0 fully saturated rings. The standard InChI is InChI=1S/C13H9NO2/c15-12-4-2-1-3-11(12)9-5-6-10-8-14-16-13(10)7-9/h1-8,15H. The summed E-state index contributed by atoms with van der Waals surface area (Å²) in [5.74, 6) is 0.265. The molecular formula is C13H9NO2. The Bertz CT molecular complexity index is 643. The van der Waals surface area contributed by atoms with Crippen LogP contribution in [0.4, 0.5) is 0 Å². The molecule has 1 N–H and O–H groups in total. The Morgan fingerprint density at radius 1 is 1.06 bits per heavy atom. The van der Waals surface area contributed by atoms with Crippen molar-refractivity contribution in [1.82, 2.24) is 5.16 Å². The van der Waals surface area contributed by atoms with Crippen molar-refractivity contribution in [3.63, 3.8) is 0 Å². The number of para-hydroxylation sites is 1. The van der Waals surface area contributed by atoms with Crippen LogP contribution in [0.25, 0.3) is 22.1 Å². The van der Waals surface area contributed by atoms with Gasteiger partial charge >= 0.3 is 0 Å². The second-order valence-electron chi connectivity index (χ2n) is 3.60. The van der Waals surface area contributed by atoms with Crippen LogP contribution in [0.15, 0.2) is 53.2 Å². The molecule has 3 rings (SSSR count). The minimum atomic E-state index is 0.265. The Morgan fingerprint density at radius 3 is 2.81 bits per heavy atom. The number of rotatable bonds is 1. The number of aromatic nitrogens is 1. The van der Waals surface area contributed by atoms with Gasteiger partial charge in [0.15, 0.2) is 5.58 Å². The summed E-state index contributed by atoms with van der Waals surface area (Å²) in [7, 11) is 0. The number of hydrogen-bond donors (Lipinski definition) is 1. The highest BCUT2D eigenvalue weighted by molar-refractivity contribution is 5.83. The molecule has 0 atom stereocenters. The van der Waals surface area contributed by atoms with Gasteiger partial charge in [0.1, 0.15) is 5.75 Å². The van der Waals surface area contributed by atoms with E-state index >= 15 is 0 Å². The van der Waals surface area contributed by atoms with Gasteiger partial charge in [0, 0.05) is 10.9 Å². The molecule has 1 heterocycles. The van der Waals surface area contributed by atoms with Gasteiger partial charge in [-0.1, -0.05) is 29.4 Å². The second-order valence-corrected chi connectivity index (χ2v) is 3.60. The topological polar surface area (TPSA) is 46.3 Å². The Labute approximate surface area is 91.9 Å². The van der Waals surface area contributed by atoms with E-state index < -0.39 is 0 Å². The molecule has 1 aromatic heterocycles. The van der Waals surface area contributed by atoms with Crippen molar-refractivity contribution in [3.8, 4) is 16.9 Å². The maximum absolute atomic E-state index is 9.74. The zero-order chi connectivity index (χ0) is 11.0. The zero-order valence-corrected chi connectivity index (χ0v) is 8.42. The Kier molecular flexibility index (Phi) is 1.90. The lowest BCUT2D eigenvalue weighted by molar-refractivity contribution is 0.456. The first-order valence-electron chi connectivity index (χ1n) is 4.97. The number of benzene rings is 2. The lowest BCUT2D eigenvalue weighted by atomic mass is 10.0. The summed E-state index contributed by atoms with van der Waals surface area (Å²) in [5, 5.41) is 14.4. The quantitative estimate of drug-likeness (QED) is 0.672. The fourth-order valence-corrected chi connectivity index (χ4v) is 1.75. The summed E-state index contributed by atoms with van der Waals surface area (Å²) in [6.45, 7) is 0. The summed E-state index contributed by atoms with van der Waals surface area (Å²) < 4.78 is 5.09. The highest BCUT2D eigenvalue weighted by Gasteiger charge is 2.05. The van der Waals surface area contributed by atoms with E-state index in [0.717, 1.165) is 22.1 Å². The summed E-state index contributed by atoms with van der Waals surface area (Å²) in [6.07, 6.45) is 1.67. The van der Waals surface area contributed by atoms with Crippen molar-refractivity contribution in [2.45, 2.75) is 0 Å². The predicted molar refractivity (Wildman–Crippen MR) is 61.1 cm³/mol. The monoisotopic (exact) mass is 211 g/mol. The molecule has 0 saturated heterocycles. The summed E-state index contributed by atoms with van der Waals surface area (Å²) in [5.41, 5.74) is 2.43. The van der Waals surface area contributed by atoms with Gasteiger partial charge in [0.2, 0.25) is 0 Å². The molecule has 3 heteroatoms. The van der Waals surface area contributed by atoms with Gasteiger partial charge in [-0.2, -0.15) is 0 Å². The first-order valence-corrected chi connectivity index (χ1v) is 4.97. The van der Waals surface area contributed by atoms with Crippen LogP contribution < -0.4 is 0 Å². The first-order chi connectivity index (χ1) is 7.84. The van der Waals surface area contributed by atoms with Crippen LogP contribution in [0.1, 0.15) is 0 Å². The first kappa shape index (κ1) is 8.97. The van der Waals surface area contributed by atoms with Gasteiger partial charge in [-0.05, 0) is 23.8 Å². The maximum atomic E-state index is 9.74. The van der Waals surface area contributed by atoms with Crippen LogP contribution in [-0.2, 0) is 0 Å². The third-order valence-electron chi connectivity index (χ3n) is 2.57. The van der Waals surface area contributed by atoms with Crippen LogP contribution in [-0.4, -0.2) is 10.3 Å². The lowest BCUT2D eigenvalue weighted by Crippen LogP contribution is -1.78. The molecule has 0 aliphatic carbocycles. The molecule has 0 unspecified atom stereocenters. The average Bonchev–Trinajstić information content (AvgIpc) is 2.76. The largest absolute Gasteiger partial charge is 0.507 e. The number of phenolic OH excluding ortho intramolecular Hbond substituents is 1. The van der Waals surface area contributed by atoms with E-state index in [-0.39, 0.29) is 5.75 Å². The van der Waals surface area contributed by atoms with E-state index in [1.807, 2.05) is 30.3 Å². The molecule has 2 aromatic carbocycles. The predicted octanol–water partition coefficient (Wildman–Crippen LogP) is 3.20. The molecule has 0 radical (unpaired) electrons. The van der Waals surface area contributed by atoms with Crippen LogP contribution in [0.2, 0.25) is 0 Å². The minimum absolute atomic E-state index is 0.265. The van der Waals surface area contributed by atoms with Crippen LogP contribution in [0.3, 0.4) is 0 Å². The maximum Gasteiger partial charge on any atom is 0.167 e. The highest BCUT2D eigenvalue weighted by Crippen LogP contribution is 2.30. The van der Waals surface area contributed by atoms with Gasteiger partial charge in [0.25, 0.3) is 0 Å². The smallest absolute Gasteiger partial charge is 0.167 e. The highest BCUT2D eigenvalue weighted by atomic mass is 16.5. The second kappa shape index (κ2) is 3.38. The van der Waals surface area contributed by atoms with Crippen molar-refractivity contribution >= 4 is 11.0 Å². The normalized spacial score (nSPS) is 10.8. The van der Waals surface area contributed by atoms with Gasteiger partial charge in [0.05, 0.1) is 6.20 Å². The van der Waals surface area contributed by atoms with E-state index in [0.29, 0.717) is 0 Å². The molecule has 0 spiro atoms. The molecule has 0 aliphatic rings. The molecule has 78 valence electrons. The Balaban J connectivity index is 2.22. The summed E-state index contributed by atoms with van der Waals surface area (Å²) in [6, 6.07) is 13.0. The van der Waals surface area contributed by atoms with Crippen LogP contribution in [0.5, 0.6) is 5.75 Å². The van der Waals surface area contributed by atoms with Crippen molar-refractivity contribution in [2.75, 3.05) is 0 Å². The average molecular weight is 211 g/mol. The molecule has 0 bridgehead atoms. The van der Waals surface area contributed by atoms with Crippen molar-refractivity contribution in [3.05, 3.63) is 48.7 Å². The SMILES string of the molecule is Oc1ccccc1-c1ccc2cnoc2c1. The van der Waals surface area contributed by atoms with E-state index in [1.54, 1.807) is 18.3 Å². The van der Waals surface area contributed by atoms with Gasteiger partial charge < -0.3 is 9.63 Å². The summed E-state index contributed by atoms with van der Waals surface area (Å²) >= 11 is 0. The van der Waals surface area contributed by atoms with Gasteiger partial charge in [-0.3, -0.25) is 0 Å². The van der Waals surface area contributed by atoms with Crippen LogP contribution >= 0.6 is 0 Å².